The van der Waals surface area contributed by atoms with Gasteiger partial charge in [-0.05, 0) is 37.8 Å². The molecule has 0 fully saturated rings. The van der Waals surface area contributed by atoms with Crippen LogP contribution in [-0.2, 0) is 59.6 Å². The number of halogens is 2. The molecule has 3 N–H and O–H groups in total. The van der Waals surface area contributed by atoms with E-state index in [1.165, 1.54) is 19.4 Å². The first-order chi connectivity index (χ1) is 27.5. The molecule has 1 unspecified atom stereocenters. The molecule has 320 valence electrons. The number of rotatable bonds is 10. The number of methoxy groups -OCH3 is 1. The summed E-state index contributed by atoms with van der Waals surface area (Å²) < 4.78 is 12.3. The third kappa shape index (κ3) is 28.6. The van der Waals surface area contributed by atoms with Crippen molar-refractivity contribution in [3.8, 4) is 0 Å². The summed E-state index contributed by atoms with van der Waals surface area (Å²) in [6.45, 7) is 18.9. The number of aromatic nitrogens is 4. The summed E-state index contributed by atoms with van der Waals surface area (Å²) in [5.41, 5.74) is 4.27. The molecule has 5 rings (SSSR count). The van der Waals surface area contributed by atoms with Crippen LogP contribution in [-0.4, -0.2) is 64.2 Å². The van der Waals surface area contributed by atoms with Gasteiger partial charge in [0.25, 0.3) is 0 Å². The van der Waals surface area contributed by atoms with Crippen LogP contribution in [0, 0.1) is 14.7 Å². The summed E-state index contributed by atoms with van der Waals surface area (Å²) in [6.07, 6.45) is 9.01. The van der Waals surface area contributed by atoms with E-state index in [-0.39, 0.29) is 6.04 Å². The van der Waals surface area contributed by atoms with E-state index in [2.05, 4.69) is 73.3 Å². The van der Waals surface area contributed by atoms with Gasteiger partial charge in [0, 0.05) is 32.4 Å². The Morgan fingerprint density at radius 2 is 1.46 bits per heavy atom. The molecule has 2 aromatic carbocycles. The number of carbonyl (C=O) groups is 2. The molecule has 1 aliphatic heterocycles. The number of thiol groups is 1. The van der Waals surface area contributed by atoms with Crippen molar-refractivity contribution < 1.29 is 38.8 Å². The van der Waals surface area contributed by atoms with Gasteiger partial charge in [0.2, 0.25) is 0 Å². The number of ether oxygens (including phenoxy) is 1. The number of aldehydes is 2. The first-order valence-electron chi connectivity index (χ1n) is 19.1. The summed E-state index contributed by atoms with van der Waals surface area (Å²) in [4.78, 5) is 29.7. The molecule has 0 amide bonds. The Labute approximate surface area is 371 Å². The van der Waals surface area contributed by atoms with Crippen molar-refractivity contribution >= 4 is 63.1 Å². The monoisotopic (exact) mass is 1040 g/mol. The number of aliphatic hydroxyl groups is 1. The molecular formula is C42H67Cl2N6O4PSW. The van der Waals surface area contributed by atoms with Crippen LogP contribution >= 0.6 is 44.9 Å². The van der Waals surface area contributed by atoms with Crippen molar-refractivity contribution in [3.05, 3.63) is 109 Å². The summed E-state index contributed by atoms with van der Waals surface area (Å²) in [7, 11) is 6.20. The van der Waals surface area contributed by atoms with Crippen molar-refractivity contribution in [2.45, 2.75) is 100 Å². The number of hydrogen-bond acceptors (Lipinski definition) is 9. The van der Waals surface area contributed by atoms with Gasteiger partial charge < -0.3 is 24.5 Å². The first kappa shape index (κ1) is 58.9. The van der Waals surface area contributed by atoms with Crippen molar-refractivity contribution in [1.29, 1.82) is 0 Å². The number of carbonyl (C=O) groups excluding carboxylic acids is 2. The second-order valence-corrected chi connectivity index (χ2v) is 14.8. The topological polar surface area (TPSA) is 123 Å². The van der Waals surface area contributed by atoms with Crippen LogP contribution in [0.3, 0.4) is 0 Å². The fourth-order valence-electron chi connectivity index (χ4n) is 4.13. The molecule has 1 aliphatic rings. The quantitative estimate of drug-likeness (QED) is 0.0704. The average Bonchev–Trinajstić information content (AvgIpc) is 3.24. The predicted molar refractivity (Wildman–Crippen MR) is 243 cm³/mol. The first-order valence-corrected chi connectivity index (χ1v) is 22.3. The Morgan fingerprint density at radius 1 is 0.947 bits per heavy atom. The molecule has 15 heteroatoms. The number of nitrogens with zero attached hydrogens (tertiary/aromatic N) is 4. The molecule has 1 atom stereocenters. The maximum absolute atomic E-state index is 10.6. The van der Waals surface area contributed by atoms with E-state index in [0.29, 0.717) is 13.1 Å². The van der Waals surface area contributed by atoms with Gasteiger partial charge in [-0.25, -0.2) is 4.98 Å². The normalized spacial score (nSPS) is 10.7. The Morgan fingerprint density at radius 3 is 1.91 bits per heavy atom. The number of fused-ring (bicyclic) bond motifs is 1. The van der Waals surface area contributed by atoms with E-state index in [9.17, 15) is 9.59 Å². The van der Waals surface area contributed by atoms with Crippen molar-refractivity contribution in [2.24, 2.45) is 5.92 Å². The predicted octanol–water partition coefficient (Wildman–Crippen LogP) is 10.4. The van der Waals surface area contributed by atoms with Crippen LogP contribution in [0.1, 0.15) is 91.2 Å². The maximum Gasteiger partial charge on any atom is 0.139 e. The fourth-order valence-corrected chi connectivity index (χ4v) is 5.99. The zero-order valence-corrected chi connectivity index (χ0v) is 41.8. The Bertz CT molecular complexity index is 1680. The van der Waals surface area contributed by atoms with Gasteiger partial charge in [-0.1, -0.05) is 87.1 Å². The Hall–Kier alpha value is -2.46. The number of aliphatic hydroxyl groups excluding tert-OH is 1. The summed E-state index contributed by atoms with van der Waals surface area (Å²) >= 11 is 17.0. The molecule has 0 spiro atoms. The SMILES string of the molecule is CC.CC.CC(C)C.CCOC.CO.Clc1ccccc1.O=CCn1cnc(CCC(NS)c2ccc(Cl)cc2)c[c]1=[W].O=CCn1cnc2c(c1=P)NCCC2. The fraction of sp³-hybridized carbons (Fsp3) is 0.476. The van der Waals surface area contributed by atoms with Gasteiger partial charge >= 0.3 is 151 Å². The van der Waals surface area contributed by atoms with Crippen molar-refractivity contribution in [1.82, 2.24) is 23.8 Å². The molecule has 0 saturated carbocycles. The van der Waals surface area contributed by atoms with Crippen molar-refractivity contribution in [2.75, 3.05) is 32.7 Å². The second-order valence-electron chi connectivity index (χ2n) is 11.7. The van der Waals surface area contributed by atoms with Crippen LogP contribution in [0.15, 0.2) is 73.3 Å². The van der Waals surface area contributed by atoms with Gasteiger partial charge in [-0.2, -0.15) is 0 Å². The van der Waals surface area contributed by atoms with E-state index in [4.69, 9.17) is 28.3 Å². The van der Waals surface area contributed by atoms with E-state index >= 15 is 0 Å². The van der Waals surface area contributed by atoms with Crippen molar-refractivity contribution in [3.63, 3.8) is 0 Å². The molecule has 57 heavy (non-hydrogen) atoms. The number of hydrogen-bond donors (Lipinski definition) is 4. The molecule has 0 aliphatic carbocycles. The molecule has 0 saturated heterocycles. The van der Waals surface area contributed by atoms with Gasteiger partial charge in [-0.3, -0.25) is 0 Å². The van der Waals surface area contributed by atoms with Gasteiger partial charge in [0.1, 0.15) is 6.29 Å². The Balaban J connectivity index is -0.000000709. The molecule has 10 nitrogen and oxygen atoms in total. The largest absolute Gasteiger partial charge is 0.382 e. The summed E-state index contributed by atoms with van der Waals surface area (Å²) in [6, 6.07) is 19.4. The van der Waals surface area contributed by atoms with Gasteiger partial charge in [0.05, 0.1) is 29.3 Å². The number of anilines is 1. The zero-order valence-electron chi connectivity index (χ0n) is 35.5. The van der Waals surface area contributed by atoms with Crippen LogP contribution in [0.25, 0.3) is 0 Å². The molecular weight excluding hydrogens is 970 g/mol. The molecule has 3 heterocycles. The van der Waals surface area contributed by atoms with Crippen LogP contribution in [0.5, 0.6) is 0 Å². The third-order valence-electron chi connectivity index (χ3n) is 6.68. The van der Waals surface area contributed by atoms with Crippen LogP contribution in [0.4, 0.5) is 5.69 Å². The van der Waals surface area contributed by atoms with Gasteiger partial charge in [-0.15, -0.1) is 0 Å². The van der Waals surface area contributed by atoms with Crippen LogP contribution in [0.2, 0.25) is 10.0 Å². The molecule has 4 aromatic rings. The van der Waals surface area contributed by atoms with E-state index in [0.717, 1.165) is 106 Å². The summed E-state index contributed by atoms with van der Waals surface area (Å²) in [5.74, 6) is 0.833. The molecule has 0 bridgehead atoms. The van der Waals surface area contributed by atoms with Crippen LogP contribution < -0.4 is 10.0 Å². The zero-order chi connectivity index (χ0) is 44.0. The molecule has 0 radical (unpaired) electrons. The smallest absolute Gasteiger partial charge is 0.139 e. The third-order valence-corrected chi connectivity index (χ3v) is 9.29. The standard InChI is InChI=1S/C15H16ClN3OS.C9H12N3OP.C6H5Cl.C4H10.C3H8O.2C2H6.CH4O.W/c16-13-3-1-12(2-4-13)15(18-21)6-5-14-7-8-19(9-10-20)11-17-14;13-5-4-12-6-11-7-2-1-3-10-8(7)9(12)14;7-6-4-2-1-3-5-6;1-4(2)3;1-3-4-2;3*1-2;/h1-4,7,10-11,15,18,21H,5-6,9H2;5-6,10,14H,1-4H2;1-5H;4H,1-3H3;3H2,1-2H3;2*1-2H3;2H,1H3;. The minimum absolute atomic E-state index is 0.136. The number of aryl methyl sites for hydroxylation is 2. The summed E-state index contributed by atoms with van der Waals surface area (Å²) in [5, 5.41) is 12.7. The van der Waals surface area contributed by atoms with E-state index < -0.39 is 0 Å². The molecule has 2 aromatic heterocycles. The van der Waals surface area contributed by atoms with E-state index in [1.54, 1.807) is 24.3 Å². The Kier molecular flexibility index (Phi) is 41.6. The maximum atomic E-state index is 10.6. The van der Waals surface area contributed by atoms with Gasteiger partial charge in [0.15, 0.2) is 0 Å². The minimum atomic E-state index is 0.136. The van der Waals surface area contributed by atoms with E-state index in [1.807, 2.05) is 93.8 Å². The minimum Gasteiger partial charge on any atom is -0.382 e. The number of nitrogens with one attached hydrogen (secondary N) is 2. The average molecular weight is 1040 g/mol. The second kappa shape index (κ2) is 40.3. The number of benzene rings is 2.